The lowest BCUT2D eigenvalue weighted by atomic mass is 9.99. The Morgan fingerprint density at radius 3 is 2.03 bits per heavy atom. The zero-order valence-electron chi connectivity index (χ0n) is 19.5. The lowest BCUT2D eigenvalue weighted by Gasteiger charge is -2.07. The van der Waals surface area contributed by atoms with Gasteiger partial charge in [-0.3, -0.25) is 4.79 Å². The summed E-state index contributed by atoms with van der Waals surface area (Å²) in [5.74, 6) is 1.33. The summed E-state index contributed by atoms with van der Waals surface area (Å²) in [6, 6.07) is 20.3. The summed E-state index contributed by atoms with van der Waals surface area (Å²) in [5, 5.41) is 0. The van der Waals surface area contributed by atoms with Crippen LogP contribution in [0.25, 0.3) is 17.0 Å². The summed E-state index contributed by atoms with van der Waals surface area (Å²) in [4.78, 5) is 19.4. The van der Waals surface area contributed by atoms with Crippen LogP contribution in [0.5, 0.6) is 0 Å². The van der Waals surface area contributed by atoms with Gasteiger partial charge in [0.05, 0.1) is 11.3 Å². The molecular formula is C27H36N2O. The van der Waals surface area contributed by atoms with E-state index in [1.165, 1.54) is 12.0 Å². The summed E-state index contributed by atoms with van der Waals surface area (Å²) in [6.07, 6.45) is 3.14. The molecule has 2 aromatic carbocycles. The average Bonchev–Trinajstić information content (AvgIpc) is 2.80. The fourth-order valence-electron chi connectivity index (χ4n) is 2.94. The summed E-state index contributed by atoms with van der Waals surface area (Å²) in [7, 11) is 0. The predicted octanol–water partition coefficient (Wildman–Crippen LogP) is 7.39. The molecule has 3 nitrogen and oxygen atoms in total. The largest absolute Gasteiger partial charge is 0.306 e. The normalized spacial score (nSPS) is 11.5. The number of hydrogen-bond acceptors (Lipinski definition) is 2. The van der Waals surface area contributed by atoms with Crippen LogP contribution in [0, 0.1) is 6.92 Å². The molecule has 1 atom stereocenters. The van der Waals surface area contributed by atoms with Crippen molar-refractivity contribution in [2.75, 3.05) is 0 Å². The second-order valence-electron chi connectivity index (χ2n) is 6.93. The molecule has 0 bridgehead atoms. The maximum atomic E-state index is 12.1. The topological polar surface area (TPSA) is 45.8 Å². The lowest BCUT2D eigenvalue weighted by Crippen LogP contribution is -2.16. The van der Waals surface area contributed by atoms with Crippen LogP contribution < -0.4 is 5.56 Å². The van der Waals surface area contributed by atoms with E-state index >= 15 is 0 Å². The van der Waals surface area contributed by atoms with Crippen LogP contribution in [0.1, 0.15) is 70.7 Å². The first-order chi connectivity index (χ1) is 14.5. The number of benzene rings is 2. The highest BCUT2D eigenvalue weighted by molar-refractivity contribution is 5.66. The minimum Gasteiger partial charge on any atom is -0.306 e. The number of aromatic amines is 1. The summed E-state index contributed by atoms with van der Waals surface area (Å²) >= 11 is 0. The van der Waals surface area contributed by atoms with Crippen molar-refractivity contribution in [2.24, 2.45) is 0 Å². The molecule has 1 heterocycles. The molecular weight excluding hydrogens is 368 g/mol. The van der Waals surface area contributed by atoms with Gasteiger partial charge in [0, 0.05) is 5.56 Å². The molecule has 30 heavy (non-hydrogen) atoms. The Morgan fingerprint density at radius 2 is 1.57 bits per heavy atom. The first kappa shape index (κ1) is 25.1. The maximum absolute atomic E-state index is 12.1. The Balaban J connectivity index is 0.000000318. The molecule has 0 amide bonds. The third-order valence-electron chi connectivity index (χ3n) is 4.96. The van der Waals surface area contributed by atoms with Crippen molar-refractivity contribution in [1.29, 1.82) is 0 Å². The van der Waals surface area contributed by atoms with Gasteiger partial charge >= 0.3 is 0 Å². The van der Waals surface area contributed by atoms with E-state index in [0.29, 0.717) is 17.3 Å². The fourth-order valence-corrected chi connectivity index (χ4v) is 2.94. The van der Waals surface area contributed by atoms with Crippen molar-refractivity contribution in [3.63, 3.8) is 0 Å². The van der Waals surface area contributed by atoms with Crippen molar-refractivity contribution < 1.29 is 0 Å². The Kier molecular flexibility index (Phi) is 11.1. The second kappa shape index (κ2) is 13.3. The summed E-state index contributed by atoms with van der Waals surface area (Å²) in [6.45, 7) is 14.2. The SMILES string of the molecule is C/C=C(/C)c1c(C)nc(-c2ccccc2)[nH]c1=O.CC.CCC(C)c1ccccc1. The molecule has 0 aliphatic heterocycles. The van der Waals surface area contributed by atoms with Gasteiger partial charge < -0.3 is 4.98 Å². The highest BCUT2D eigenvalue weighted by atomic mass is 16.1. The Bertz CT molecular complexity index is 957. The van der Waals surface area contributed by atoms with E-state index < -0.39 is 0 Å². The van der Waals surface area contributed by atoms with Crippen molar-refractivity contribution in [3.8, 4) is 11.4 Å². The van der Waals surface area contributed by atoms with Crippen molar-refractivity contribution in [1.82, 2.24) is 9.97 Å². The first-order valence-electron chi connectivity index (χ1n) is 10.8. The second-order valence-corrected chi connectivity index (χ2v) is 6.93. The first-order valence-corrected chi connectivity index (χ1v) is 10.8. The zero-order valence-corrected chi connectivity index (χ0v) is 19.5. The number of nitrogens with zero attached hydrogens (tertiary/aromatic N) is 1. The predicted molar refractivity (Wildman–Crippen MR) is 131 cm³/mol. The van der Waals surface area contributed by atoms with E-state index in [0.717, 1.165) is 16.8 Å². The third-order valence-corrected chi connectivity index (χ3v) is 4.96. The standard InChI is InChI=1S/C15H16N2O.C10H14.C2H6/c1-4-10(2)13-11(3)16-14(17-15(13)18)12-8-6-5-7-9-12;1-3-9(2)10-7-5-4-6-8-10;1-2/h4-9H,1-3H3,(H,16,17,18);4-9H,3H2,1-2H3;1-2H3/b10-4-;;. The van der Waals surface area contributed by atoms with Gasteiger partial charge in [0.1, 0.15) is 5.82 Å². The summed E-state index contributed by atoms with van der Waals surface area (Å²) in [5.41, 5.74) is 4.65. The number of H-pyrrole nitrogens is 1. The molecule has 0 radical (unpaired) electrons. The monoisotopic (exact) mass is 404 g/mol. The van der Waals surface area contributed by atoms with E-state index in [9.17, 15) is 4.79 Å². The van der Waals surface area contributed by atoms with Crippen LogP contribution in [-0.4, -0.2) is 9.97 Å². The zero-order chi connectivity index (χ0) is 22.5. The van der Waals surface area contributed by atoms with E-state index in [4.69, 9.17) is 0 Å². The number of nitrogens with one attached hydrogen (secondary N) is 1. The van der Waals surface area contributed by atoms with Crippen molar-refractivity contribution >= 4 is 5.57 Å². The van der Waals surface area contributed by atoms with Gasteiger partial charge in [0.15, 0.2) is 0 Å². The van der Waals surface area contributed by atoms with Gasteiger partial charge in [-0.05, 0) is 44.2 Å². The molecule has 0 saturated carbocycles. The lowest BCUT2D eigenvalue weighted by molar-refractivity contribution is 0.733. The average molecular weight is 405 g/mol. The van der Waals surface area contributed by atoms with Crippen LogP contribution in [0.4, 0.5) is 0 Å². The Labute approximate surface area is 181 Å². The molecule has 1 N–H and O–H groups in total. The van der Waals surface area contributed by atoms with E-state index in [1.54, 1.807) is 0 Å². The Hall–Kier alpha value is -2.94. The molecule has 3 aromatic rings. The number of hydrogen-bond donors (Lipinski definition) is 1. The molecule has 3 heteroatoms. The number of aryl methyl sites for hydroxylation is 1. The van der Waals surface area contributed by atoms with Gasteiger partial charge in [-0.15, -0.1) is 0 Å². The molecule has 1 unspecified atom stereocenters. The molecule has 3 rings (SSSR count). The molecule has 0 spiro atoms. The molecule has 0 saturated heterocycles. The van der Waals surface area contributed by atoms with Gasteiger partial charge in [-0.1, -0.05) is 94.4 Å². The van der Waals surface area contributed by atoms with E-state index in [1.807, 2.05) is 71.0 Å². The van der Waals surface area contributed by atoms with Gasteiger partial charge in [-0.2, -0.15) is 0 Å². The van der Waals surface area contributed by atoms with E-state index in [-0.39, 0.29) is 5.56 Å². The van der Waals surface area contributed by atoms with E-state index in [2.05, 4.69) is 54.1 Å². The van der Waals surface area contributed by atoms with Gasteiger partial charge in [0.25, 0.3) is 5.56 Å². The minimum absolute atomic E-state index is 0.0862. The molecule has 160 valence electrons. The highest BCUT2D eigenvalue weighted by Crippen LogP contribution is 2.18. The molecule has 1 aromatic heterocycles. The molecule has 0 aliphatic carbocycles. The van der Waals surface area contributed by atoms with Gasteiger partial charge in [0.2, 0.25) is 0 Å². The Morgan fingerprint density at radius 1 is 1.03 bits per heavy atom. The van der Waals surface area contributed by atoms with Crippen molar-refractivity contribution in [3.05, 3.63) is 93.9 Å². The van der Waals surface area contributed by atoms with Crippen LogP contribution in [0.15, 0.2) is 71.5 Å². The smallest absolute Gasteiger partial charge is 0.258 e. The minimum atomic E-state index is -0.0862. The van der Waals surface area contributed by atoms with Crippen LogP contribution >= 0.6 is 0 Å². The number of rotatable bonds is 4. The third kappa shape index (κ3) is 7.14. The summed E-state index contributed by atoms with van der Waals surface area (Å²) < 4.78 is 0. The maximum Gasteiger partial charge on any atom is 0.258 e. The number of aromatic nitrogens is 2. The van der Waals surface area contributed by atoms with Gasteiger partial charge in [-0.25, -0.2) is 4.98 Å². The molecule has 0 aliphatic rings. The van der Waals surface area contributed by atoms with Crippen molar-refractivity contribution in [2.45, 2.75) is 60.8 Å². The highest BCUT2D eigenvalue weighted by Gasteiger charge is 2.10. The van der Waals surface area contributed by atoms with Crippen LogP contribution in [0.2, 0.25) is 0 Å². The van der Waals surface area contributed by atoms with Crippen LogP contribution in [0.3, 0.4) is 0 Å². The van der Waals surface area contributed by atoms with Crippen LogP contribution in [-0.2, 0) is 0 Å². The fraction of sp³-hybridized carbons (Fsp3) is 0.333. The molecule has 0 fully saturated rings. The number of allylic oxidation sites excluding steroid dienone is 2. The quantitative estimate of drug-likeness (QED) is 0.492.